The summed E-state index contributed by atoms with van der Waals surface area (Å²) in [5.41, 5.74) is 6.47. The van der Waals surface area contributed by atoms with E-state index in [2.05, 4.69) is 25.2 Å². The van der Waals surface area contributed by atoms with Gasteiger partial charge in [0.2, 0.25) is 0 Å². The standard InChI is InChI=1S/C14H23NOS/c1-2-3-10-17-13-7-5-4-6-12(11-13)14(16)8-9-15/h4,6-7,11,14,16H,2-3,5,8-10,15H2,1H3. The molecule has 1 rings (SSSR count). The number of hydrogen-bond donors (Lipinski definition) is 2. The number of nitrogens with two attached hydrogens (primary N) is 1. The molecule has 0 aromatic heterocycles. The number of hydrogen-bond acceptors (Lipinski definition) is 3. The lowest BCUT2D eigenvalue weighted by Gasteiger charge is -2.11. The molecule has 96 valence electrons. The molecule has 3 N–H and O–H groups in total. The quantitative estimate of drug-likeness (QED) is 0.686. The maximum absolute atomic E-state index is 9.95. The molecule has 0 bridgehead atoms. The fraction of sp³-hybridized carbons (Fsp3) is 0.571. The van der Waals surface area contributed by atoms with E-state index in [0.29, 0.717) is 13.0 Å². The van der Waals surface area contributed by atoms with E-state index in [0.717, 1.165) is 17.7 Å². The highest BCUT2D eigenvalue weighted by Gasteiger charge is 2.09. The molecule has 0 aromatic carbocycles. The van der Waals surface area contributed by atoms with Crippen LogP contribution in [0, 0.1) is 0 Å². The van der Waals surface area contributed by atoms with Crippen LogP contribution in [0.5, 0.6) is 0 Å². The van der Waals surface area contributed by atoms with E-state index in [4.69, 9.17) is 5.73 Å². The van der Waals surface area contributed by atoms with Crippen LogP contribution in [-0.2, 0) is 0 Å². The Kier molecular flexibility index (Phi) is 7.33. The summed E-state index contributed by atoms with van der Waals surface area (Å²) in [6.07, 6.45) is 12.1. The predicted molar refractivity (Wildman–Crippen MR) is 77.0 cm³/mol. The van der Waals surface area contributed by atoms with Crippen LogP contribution < -0.4 is 5.73 Å². The van der Waals surface area contributed by atoms with Crippen molar-refractivity contribution in [3.63, 3.8) is 0 Å². The summed E-state index contributed by atoms with van der Waals surface area (Å²) in [5, 5.41) is 9.95. The molecular formula is C14H23NOS. The first-order valence-electron chi connectivity index (χ1n) is 6.37. The molecule has 0 amide bonds. The minimum absolute atomic E-state index is 0.426. The normalized spacial score (nSPS) is 17.4. The molecule has 0 saturated carbocycles. The first-order chi connectivity index (χ1) is 8.27. The monoisotopic (exact) mass is 253 g/mol. The number of aliphatic hydroxyl groups excluding tert-OH is 1. The number of unbranched alkanes of at least 4 members (excludes halogenated alkanes) is 1. The lowest BCUT2D eigenvalue weighted by molar-refractivity contribution is 0.207. The van der Waals surface area contributed by atoms with E-state index in [1.165, 1.54) is 17.7 Å². The Balaban J connectivity index is 2.59. The average molecular weight is 253 g/mol. The molecule has 1 unspecified atom stereocenters. The first kappa shape index (κ1) is 14.6. The highest BCUT2D eigenvalue weighted by molar-refractivity contribution is 8.03. The summed E-state index contributed by atoms with van der Waals surface area (Å²) < 4.78 is 0. The SMILES string of the molecule is CCCCSC1=CCC=CC(C(O)CCN)=C1. The molecule has 0 aromatic rings. The molecule has 1 aliphatic rings. The average Bonchev–Trinajstić information content (AvgIpc) is 2.55. The molecule has 0 radical (unpaired) electrons. The second-order valence-corrected chi connectivity index (χ2v) is 5.35. The first-order valence-corrected chi connectivity index (χ1v) is 7.35. The van der Waals surface area contributed by atoms with E-state index < -0.39 is 6.10 Å². The van der Waals surface area contributed by atoms with Crippen LogP contribution in [0.2, 0.25) is 0 Å². The van der Waals surface area contributed by atoms with Crippen LogP contribution in [0.4, 0.5) is 0 Å². The fourth-order valence-corrected chi connectivity index (χ4v) is 2.73. The number of thioether (sulfide) groups is 1. The van der Waals surface area contributed by atoms with Gasteiger partial charge in [0.1, 0.15) is 0 Å². The van der Waals surface area contributed by atoms with Crippen molar-refractivity contribution < 1.29 is 5.11 Å². The highest BCUT2D eigenvalue weighted by Crippen LogP contribution is 2.25. The lowest BCUT2D eigenvalue weighted by Crippen LogP contribution is -2.15. The maximum Gasteiger partial charge on any atom is 0.0802 e. The van der Waals surface area contributed by atoms with Crippen LogP contribution in [-0.4, -0.2) is 23.5 Å². The minimum atomic E-state index is -0.426. The van der Waals surface area contributed by atoms with Crippen molar-refractivity contribution >= 4 is 11.8 Å². The zero-order chi connectivity index (χ0) is 12.5. The molecule has 1 atom stereocenters. The van der Waals surface area contributed by atoms with Gasteiger partial charge in [-0.15, -0.1) is 11.8 Å². The smallest absolute Gasteiger partial charge is 0.0802 e. The third kappa shape index (κ3) is 5.57. The second kappa shape index (κ2) is 8.56. The molecular weight excluding hydrogens is 230 g/mol. The van der Waals surface area contributed by atoms with Gasteiger partial charge in [-0.05, 0) is 43.2 Å². The number of rotatable bonds is 7. The summed E-state index contributed by atoms with van der Waals surface area (Å²) in [7, 11) is 0. The Hall–Kier alpha value is -0.510. The van der Waals surface area contributed by atoms with E-state index in [-0.39, 0.29) is 0 Å². The highest BCUT2D eigenvalue weighted by atomic mass is 32.2. The van der Waals surface area contributed by atoms with Crippen LogP contribution >= 0.6 is 11.8 Å². The summed E-state index contributed by atoms with van der Waals surface area (Å²) in [6.45, 7) is 2.73. The molecule has 3 heteroatoms. The summed E-state index contributed by atoms with van der Waals surface area (Å²) >= 11 is 1.88. The number of allylic oxidation sites excluding steroid dienone is 3. The van der Waals surface area contributed by atoms with Gasteiger partial charge >= 0.3 is 0 Å². The van der Waals surface area contributed by atoms with E-state index in [1.54, 1.807) is 0 Å². The molecule has 0 fully saturated rings. The molecule has 17 heavy (non-hydrogen) atoms. The molecule has 1 aliphatic carbocycles. The zero-order valence-corrected chi connectivity index (χ0v) is 11.4. The van der Waals surface area contributed by atoms with E-state index in [1.807, 2.05) is 17.8 Å². The summed E-state index contributed by atoms with van der Waals surface area (Å²) in [6, 6.07) is 0. The van der Waals surface area contributed by atoms with Gasteiger partial charge in [0.05, 0.1) is 6.10 Å². The van der Waals surface area contributed by atoms with Crippen molar-refractivity contribution in [2.24, 2.45) is 5.73 Å². The largest absolute Gasteiger partial charge is 0.388 e. The maximum atomic E-state index is 9.95. The third-order valence-corrected chi connectivity index (χ3v) is 3.78. The lowest BCUT2D eigenvalue weighted by atomic mass is 10.1. The van der Waals surface area contributed by atoms with Gasteiger partial charge < -0.3 is 10.8 Å². The molecule has 0 heterocycles. The van der Waals surface area contributed by atoms with E-state index in [9.17, 15) is 5.11 Å². The van der Waals surface area contributed by atoms with Gasteiger partial charge in [0.25, 0.3) is 0 Å². The van der Waals surface area contributed by atoms with Gasteiger partial charge in [0, 0.05) is 4.91 Å². The Morgan fingerprint density at radius 1 is 1.53 bits per heavy atom. The summed E-state index contributed by atoms with van der Waals surface area (Å²) in [4.78, 5) is 1.27. The summed E-state index contributed by atoms with van der Waals surface area (Å²) in [5.74, 6) is 1.15. The molecule has 2 nitrogen and oxygen atoms in total. The second-order valence-electron chi connectivity index (χ2n) is 4.18. The zero-order valence-electron chi connectivity index (χ0n) is 10.6. The van der Waals surface area contributed by atoms with Crippen LogP contribution in [0.15, 0.2) is 34.8 Å². The molecule has 0 saturated heterocycles. The molecule has 0 spiro atoms. The van der Waals surface area contributed by atoms with Gasteiger partial charge in [-0.25, -0.2) is 0 Å². The van der Waals surface area contributed by atoms with Crippen LogP contribution in [0.1, 0.15) is 32.6 Å². The van der Waals surface area contributed by atoms with Gasteiger partial charge in [-0.2, -0.15) is 0 Å². The van der Waals surface area contributed by atoms with Crippen LogP contribution in [0.25, 0.3) is 0 Å². The Morgan fingerprint density at radius 3 is 3.06 bits per heavy atom. The topological polar surface area (TPSA) is 46.2 Å². The molecule has 0 aliphatic heterocycles. The number of aliphatic hydroxyl groups is 1. The van der Waals surface area contributed by atoms with Crippen molar-refractivity contribution in [2.45, 2.75) is 38.7 Å². The van der Waals surface area contributed by atoms with Crippen LogP contribution in [0.3, 0.4) is 0 Å². The van der Waals surface area contributed by atoms with Gasteiger partial charge in [-0.1, -0.05) is 31.6 Å². The van der Waals surface area contributed by atoms with Crippen molar-refractivity contribution in [3.8, 4) is 0 Å². The van der Waals surface area contributed by atoms with Gasteiger partial charge in [0.15, 0.2) is 0 Å². The van der Waals surface area contributed by atoms with Crippen molar-refractivity contribution in [1.29, 1.82) is 0 Å². The Bertz CT molecular complexity index is 307. The third-order valence-electron chi connectivity index (χ3n) is 2.67. The van der Waals surface area contributed by atoms with Crippen molar-refractivity contribution in [2.75, 3.05) is 12.3 Å². The van der Waals surface area contributed by atoms with Crippen molar-refractivity contribution in [1.82, 2.24) is 0 Å². The fourth-order valence-electron chi connectivity index (χ4n) is 1.63. The Morgan fingerprint density at radius 2 is 2.35 bits per heavy atom. The van der Waals surface area contributed by atoms with Gasteiger partial charge in [-0.3, -0.25) is 0 Å². The predicted octanol–water partition coefficient (Wildman–Crippen LogP) is 3.00. The van der Waals surface area contributed by atoms with Crippen molar-refractivity contribution in [3.05, 3.63) is 34.8 Å². The van der Waals surface area contributed by atoms with E-state index >= 15 is 0 Å². The minimum Gasteiger partial charge on any atom is -0.388 e. The Labute approximate surface area is 109 Å².